The van der Waals surface area contributed by atoms with Crippen molar-refractivity contribution in [3.8, 4) is 0 Å². The SMILES string of the molecule is CSc1nc2cccnc2n1C. The number of hydrogen-bond acceptors (Lipinski definition) is 3. The highest BCUT2D eigenvalue weighted by Crippen LogP contribution is 2.18. The lowest BCUT2D eigenvalue weighted by molar-refractivity contribution is 0.807. The van der Waals surface area contributed by atoms with Crippen molar-refractivity contribution >= 4 is 22.9 Å². The van der Waals surface area contributed by atoms with Crippen molar-refractivity contribution in [2.24, 2.45) is 7.05 Å². The Morgan fingerprint density at radius 1 is 1.50 bits per heavy atom. The molecule has 0 fully saturated rings. The molecule has 0 aromatic carbocycles. The molecule has 0 amide bonds. The van der Waals surface area contributed by atoms with E-state index in [1.165, 1.54) is 0 Å². The van der Waals surface area contributed by atoms with Gasteiger partial charge in [0.1, 0.15) is 5.52 Å². The van der Waals surface area contributed by atoms with Gasteiger partial charge < -0.3 is 4.57 Å². The zero-order valence-electron chi connectivity index (χ0n) is 6.98. The summed E-state index contributed by atoms with van der Waals surface area (Å²) in [6, 6.07) is 3.88. The van der Waals surface area contributed by atoms with Gasteiger partial charge in [0.15, 0.2) is 10.8 Å². The Kier molecular flexibility index (Phi) is 1.77. The lowest BCUT2D eigenvalue weighted by Gasteiger charge is -1.95. The van der Waals surface area contributed by atoms with Crippen LogP contribution in [0.4, 0.5) is 0 Å². The molecule has 0 unspecified atom stereocenters. The minimum Gasteiger partial charge on any atom is -0.307 e. The summed E-state index contributed by atoms with van der Waals surface area (Å²) in [4.78, 5) is 8.63. The predicted molar refractivity (Wildman–Crippen MR) is 50.3 cm³/mol. The molecule has 0 spiro atoms. The Labute approximate surface area is 74.8 Å². The summed E-state index contributed by atoms with van der Waals surface area (Å²) >= 11 is 1.63. The summed E-state index contributed by atoms with van der Waals surface area (Å²) in [6.45, 7) is 0. The Bertz CT molecular complexity index is 408. The van der Waals surface area contributed by atoms with Crippen LogP contribution in [-0.2, 0) is 7.05 Å². The van der Waals surface area contributed by atoms with Gasteiger partial charge in [-0.15, -0.1) is 0 Å². The number of nitrogens with zero attached hydrogens (tertiary/aromatic N) is 3. The number of rotatable bonds is 1. The topological polar surface area (TPSA) is 30.7 Å². The maximum absolute atomic E-state index is 4.39. The van der Waals surface area contributed by atoms with E-state index in [9.17, 15) is 0 Å². The number of hydrogen-bond donors (Lipinski definition) is 0. The quantitative estimate of drug-likeness (QED) is 0.624. The zero-order chi connectivity index (χ0) is 8.55. The van der Waals surface area contributed by atoms with Gasteiger partial charge in [0.05, 0.1) is 0 Å². The van der Waals surface area contributed by atoms with Crippen LogP contribution in [-0.4, -0.2) is 20.8 Å². The predicted octanol–water partition coefficient (Wildman–Crippen LogP) is 1.69. The van der Waals surface area contributed by atoms with Crippen molar-refractivity contribution in [3.05, 3.63) is 18.3 Å². The molecule has 0 bridgehead atoms. The molecule has 62 valence electrons. The first kappa shape index (κ1) is 7.61. The van der Waals surface area contributed by atoms with Gasteiger partial charge in [0, 0.05) is 13.2 Å². The van der Waals surface area contributed by atoms with Crippen LogP contribution < -0.4 is 0 Å². The lowest BCUT2D eigenvalue weighted by Crippen LogP contribution is -1.90. The third kappa shape index (κ3) is 0.992. The third-order valence-corrected chi connectivity index (χ3v) is 2.50. The molecular formula is C8H9N3S. The van der Waals surface area contributed by atoms with Crippen molar-refractivity contribution in [2.45, 2.75) is 5.16 Å². The van der Waals surface area contributed by atoms with Crippen LogP contribution in [0.2, 0.25) is 0 Å². The first-order valence-electron chi connectivity index (χ1n) is 3.64. The van der Waals surface area contributed by atoms with Gasteiger partial charge in [-0.1, -0.05) is 11.8 Å². The molecule has 2 heterocycles. The highest BCUT2D eigenvalue weighted by Gasteiger charge is 2.05. The first-order valence-corrected chi connectivity index (χ1v) is 4.87. The van der Waals surface area contributed by atoms with E-state index in [0.29, 0.717) is 0 Å². The molecular weight excluding hydrogens is 170 g/mol. The molecule has 3 nitrogen and oxygen atoms in total. The van der Waals surface area contributed by atoms with Gasteiger partial charge in [-0.2, -0.15) is 0 Å². The zero-order valence-corrected chi connectivity index (χ0v) is 7.80. The normalized spacial score (nSPS) is 10.8. The minimum absolute atomic E-state index is 0.946. The maximum atomic E-state index is 4.39. The number of aromatic nitrogens is 3. The maximum Gasteiger partial charge on any atom is 0.169 e. The average molecular weight is 179 g/mol. The Morgan fingerprint density at radius 2 is 2.33 bits per heavy atom. The average Bonchev–Trinajstić information content (AvgIpc) is 2.44. The van der Waals surface area contributed by atoms with Crippen molar-refractivity contribution in [1.29, 1.82) is 0 Å². The molecule has 0 aliphatic rings. The van der Waals surface area contributed by atoms with E-state index in [0.717, 1.165) is 16.3 Å². The van der Waals surface area contributed by atoms with Crippen LogP contribution in [0.25, 0.3) is 11.2 Å². The van der Waals surface area contributed by atoms with E-state index in [1.54, 1.807) is 18.0 Å². The van der Waals surface area contributed by atoms with Crippen molar-refractivity contribution in [2.75, 3.05) is 6.26 Å². The molecule has 4 heteroatoms. The van der Waals surface area contributed by atoms with Gasteiger partial charge in [-0.05, 0) is 18.4 Å². The second-order valence-electron chi connectivity index (χ2n) is 2.50. The van der Waals surface area contributed by atoms with E-state index < -0.39 is 0 Å². The molecule has 0 radical (unpaired) electrons. The molecule has 12 heavy (non-hydrogen) atoms. The van der Waals surface area contributed by atoms with Crippen molar-refractivity contribution in [1.82, 2.24) is 14.5 Å². The second kappa shape index (κ2) is 2.79. The van der Waals surface area contributed by atoms with Crippen LogP contribution in [0.3, 0.4) is 0 Å². The Morgan fingerprint density at radius 3 is 3.00 bits per heavy atom. The molecule has 0 saturated carbocycles. The van der Waals surface area contributed by atoms with E-state index >= 15 is 0 Å². The molecule has 0 atom stereocenters. The highest BCUT2D eigenvalue weighted by atomic mass is 32.2. The summed E-state index contributed by atoms with van der Waals surface area (Å²) in [6.07, 6.45) is 3.80. The summed E-state index contributed by atoms with van der Waals surface area (Å²) in [5, 5.41) is 1.00. The van der Waals surface area contributed by atoms with E-state index in [2.05, 4.69) is 9.97 Å². The number of thioether (sulfide) groups is 1. The molecule has 2 aromatic rings. The monoisotopic (exact) mass is 179 g/mol. The number of aryl methyl sites for hydroxylation is 1. The van der Waals surface area contributed by atoms with Gasteiger partial charge >= 0.3 is 0 Å². The second-order valence-corrected chi connectivity index (χ2v) is 3.28. The van der Waals surface area contributed by atoms with Crippen LogP contribution in [0, 0.1) is 0 Å². The van der Waals surface area contributed by atoms with Crippen molar-refractivity contribution < 1.29 is 0 Å². The first-order chi connectivity index (χ1) is 5.83. The molecule has 2 rings (SSSR count). The highest BCUT2D eigenvalue weighted by molar-refractivity contribution is 7.98. The minimum atomic E-state index is 0.946. The smallest absolute Gasteiger partial charge is 0.169 e. The van der Waals surface area contributed by atoms with Crippen LogP contribution in [0.5, 0.6) is 0 Å². The summed E-state index contributed by atoms with van der Waals surface area (Å²) < 4.78 is 2.00. The molecule has 0 aliphatic carbocycles. The standard InChI is InChI=1S/C8H9N3S/c1-11-7-6(4-3-5-9-7)10-8(11)12-2/h3-5H,1-2H3. The van der Waals surface area contributed by atoms with Crippen molar-refractivity contribution in [3.63, 3.8) is 0 Å². The number of fused-ring (bicyclic) bond motifs is 1. The third-order valence-electron chi connectivity index (χ3n) is 1.77. The van der Waals surface area contributed by atoms with Crippen LogP contribution in [0.15, 0.2) is 23.5 Å². The largest absolute Gasteiger partial charge is 0.307 e. The van der Waals surface area contributed by atoms with E-state index in [4.69, 9.17) is 0 Å². The van der Waals surface area contributed by atoms with Crippen LogP contribution in [0.1, 0.15) is 0 Å². The van der Waals surface area contributed by atoms with Gasteiger partial charge in [-0.25, -0.2) is 9.97 Å². The fourth-order valence-corrected chi connectivity index (χ4v) is 1.74. The van der Waals surface area contributed by atoms with E-state index in [-0.39, 0.29) is 0 Å². The Balaban J connectivity index is 2.78. The fraction of sp³-hybridized carbons (Fsp3) is 0.250. The molecule has 0 saturated heterocycles. The summed E-state index contributed by atoms with van der Waals surface area (Å²) in [7, 11) is 1.98. The van der Waals surface area contributed by atoms with Gasteiger partial charge in [-0.3, -0.25) is 0 Å². The van der Waals surface area contributed by atoms with Crippen LogP contribution >= 0.6 is 11.8 Å². The van der Waals surface area contributed by atoms with Gasteiger partial charge in [0.25, 0.3) is 0 Å². The summed E-state index contributed by atoms with van der Waals surface area (Å²) in [5.41, 5.74) is 1.91. The summed E-state index contributed by atoms with van der Waals surface area (Å²) in [5.74, 6) is 0. The Hall–Kier alpha value is -1.03. The lowest BCUT2D eigenvalue weighted by atomic mass is 10.4. The molecule has 2 aromatic heterocycles. The van der Waals surface area contributed by atoms with E-state index in [1.807, 2.05) is 30.0 Å². The molecule has 0 aliphatic heterocycles. The van der Waals surface area contributed by atoms with Gasteiger partial charge in [0.2, 0.25) is 0 Å². The number of imidazole rings is 1. The fourth-order valence-electron chi connectivity index (χ4n) is 1.19. The number of pyridine rings is 1. The molecule has 0 N–H and O–H groups in total.